The van der Waals surface area contributed by atoms with Crippen LogP contribution in [0.15, 0.2) is 36.4 Å². The second kappa shape index (κ2) is 10.3. The summed E-state index contributed by atoms with van der Waals surface area (Å²) in [6.45, 7) is 2.18. The van der Waals surface area contributed by atoms with Gasteiger partial charge in [0.1, 0.15) is 17.8 Å². The Morgan fingerprint density at radius 2 is 1.53 bits per heavy atom. The normalized spacial score (nSPS) is 26.3. The lowest BCUT2D eigenvalue weighted by atomic mass is 9.97. The van der Waals surface area contributed by atoms with E-state index in [1.54, 1.807) is 43.3 Å². The fraction of sp³-hybridized carbons (Fsp3) is 0.429. The number of hydrogen-bond acceptors (Lipinski definition) is 5. The number of rotatable bonds is 8. The highest BCUT2D eigenvalue weighted by atomic mass is 35.5. The molecule has 30 heavy (non-hydrogen) atoms. The van der Waals surface area contributed by atoms with Crippen molar-refractivity contribution in [1.82, 2.24) is 0 Å². The molecule has 2 unspecified atom stereocenters. The van der Waals surface area contributed by atoms with Crippen molar-refractivity contribution in [3.63, 3.8) is 0 Å². The van der Waals surface area contributed by atoms with Crippen LogP contribution in [0, 0.1) is 0 Å². The number of hydrogen-bond donors (Lipinski definition) is 1. The van der Waals surface area contributed by atoms with Crippen molar-refractivity contribution in [3.8, 4) is 0 Å². The van der Waals surface area contributed by atoms with Gasteiger partial charge in [0, 0.05) is 27.2 Å². The quantitative estimate of drug-likeness (QED) is 0.522. The standard InChI is InChI=1S/C21H22Cl4O5/c1-21(26)19(29-10-13-4-6-15(23)8-17(13)25)18(30-20(21)27-2)11-28-9-12-3-5-14(22)7-16(12)24/h3-8,18-20,26H,9-11H2,1-2H3/t18?,19-,20+,21?/m1/s1. The second-order valence-electron chi connectivity index (χ2n) is 7.19. The molecule has 9 heteroatoms. The van der Waals surface area contributed by atoms with Crippen LogP contribution in [0.1, 0.15) is 18.1 Å². The van der Waals surface area contributed by atoms with Crippen molar-refractivity contribution >= 4 is 46.4 Å². The van der Waals surface area contributed by atoms with Crippen molar-refractivity contribution in [3.05, 3.63) is 67.6 Å². The SMILES string of the molecule is CO[C@H]1OC(COCc2ccc(Cl)cc2Cl)[C@@H](OCc2ccc(Cl)cc2Cl)C1(C)O. The fourth-order valence-corrected chi connectivity index (χ4v) is 4.24. The summed E-state index contributed by atoms with van der Waals surface area (Å²) < 4.78 is 22.9. The van der Waals surface area contributed by atoms with Gasteiger partial charge in [0.05, 0.1) is 19.8 Å². The molecule has 5 nitrogen and oxygen atoms in total. The Morgan fingerprint density at radius 3 is 2.07 bits per heavy atom. The van der Waals surface area contributed by atoms with Crippen molar-refractivity contribution in [2.45, 2.75) is 44.2 Å². The van der Waals surface area contributed by atoms with Crippen LogP contribution in [0.2, 0.25) is 20.1 Å². The molecule has 3 rings (SSSR count). The number of methoxy groups -OCH3 is 1. The first-order valence-corrected chi connectivity index (χ1v) is 10.7. The topological polar surface area (TPSA) is 57.2 Å². The molecule has 4 atom stereocenters. The second-order valence-corrected chi connectivity index (χ2v) is 8.87. The monoisotopic (exact) mass is 494 g/mol. The molecule has 2 aromatic rings. The molecule has 1 N–H and O–H groups in total. The van der Waals surface area contributed by atoms with E-state index in [9.17, 15) is 5.11 Å². The Labute approximate surface area is 195 Å². The van der Waals surface area contributed by atoms with Crippen molar-refractivity contribution in [2.24, 2.45) is 0 Å². The average Bonchev–Trinajstić information content (AvgIpc) is 2.92. The van der Waals surface area contributed by atoms with E-state index in [-0.39, 0.29) is 19.8 Å². The summed E-state index contributed by atoms with van der Waals surface area (Å²) in [6.07, 6.45) is -2.15. The van der Waals surface area contributed by atoms with Crippen LogP contribution in [0.4, 0.5) is 0 Å². The van der Waals surface area contributed by atoms with Gasteiger partial charge in [-0.1, -0.05) is 58.5 Å². The van der Waals surface area contributed by atoms with E-state index in [1.807, 2.05) is 0 Å². The minimum atomic E-state index is -1.39. The first-order valence-electron chi connectivity index (χ1n) is 9.20. The maximum Gasteiger partial charge on any atom is 0.188 e. The smallest absolute Gasteiger partial charge is 0.188 e. The first kappa shape index (κ1) is 24.1. The van der Waals surface area contributed by atoms with E-state index in [0.29, 0.717) is 20.1 Å². The lowest BCUT2D eigenvalue weighted by Crippen LogP contribution is -2.48. The van der Waals surface area contributed by atoms with Gasteiger partial charge < -0.3 is 24.1 Å². The molecule has 164 valence electrons. The van der Waals surface area contributed by atoms with Crippen LogP contribution in [0.25, 0.3) is 0 Å². The lowest BCUT2D eigenvalue weighted by molar-refractivity contribution is -0.190. The Kier molecular flexibility index (Phi) is 8.29. The summed E-state index contributed by atoms with van der Waals surface area (Å²) in [5.74, 6) is 0. The van der Waals surface area contributed by atoms with E-state index in [0.717, 1.165) is 11.1 Å². The van der Waals surface area contributed by atoms with Crippen LogP contribution >= 0.6 is 46.4 Å². The van der Waals surface area contributed by atoms with Crippen LogP contribution in [-0.4, -0.2) is 42.9 Å². The van der Waals surface area contributed by atoms with E-state index in [2.05, 4.69) is 0 Å². The molecule has 0 aromatic heterocycles. The van der Waals surface area contributed by atoms with Crippen LogP contribution < -0.4 is 0 Å². The van der Waals surface area contributed by atoms with Crippen molar-refractivity contribution < 1.29 is 24.1 Å². The Hall–Kier alpha value is -0.600. The fourth-order valence-electron chi connectivity index (χ4n) is 3.32. The van der Waals surface area contributed by atoms with E-state index in [4.69, 9.17) is 65.4 Å². The Balaban J connectivity index is 1.66. The zero-order valence-electron chi connectivity index (χ0n) is 16.4. The summed E-state index contributed by atoms with van der Waals surface area (Å²) in [6, 6.07) is 10.3. The average molecular weight is 496 g/mol. The number of ether oxygens (including phenoxy) is 4. The van der Waals surface area contributed by atoms with Crippen LogP contribution in [0.3, 0.4) is 0 Å². The molecule has 0 bridgehead atoms. The Bertz CT molecular complexity index is 876. The molecular formula is C21H22Cl4O5. The van der Waals surface area contributed by atoms with Gasteiger partial charge in [0.15, 0.2) is 6.29 Å². The molecule has 1 aliphatic heterocycles. The highest BCUT2D eigenvalue weighted by molar-refractivity contribution is 6.35. The number of benzene rings is 2. The maximum absolute atomic E-state index is 10.9. The van der Waals surface area contributed by atoms with Gasteiger partial charge in [-0.2, -0.15) is 0 Å². The van der Waals surface area contributed by atoms with Gasteiger partial charge in [0.2, 0.25) is 0 Å². The third-order valence-corrected chi connectivity index (χ3v) is 6.07. The molecule has 1 fully saturated rings. The molecule has 0 radical (unpaired) electrons. The van der Waals surface area contributed by atoms with Crippen LogP contribution in [-0.2, 0) is 32.2 Å². The van der Waals surface area contributed by atoms with E-state index in [1.165, 1.54) is 7.11 Å². The predicted octanol–water partition coefficient (Wildman–Crippen LogP) is 5.52. The van der Waals surface area contributed by atoms with E-state index >= 15 is 0 Å². The maximum atomic E-state index is 10.9. The first-order chi connectivity index (χ1) is 14.2. The van der Waals surface area contributed by atoms with Gasteiger partial charge in [-0.15, -0.1) is 0 Å². The van der Waals surface area contributed by atoms with Gasteiger partial charge in [0.25, 0.3) is 0 Å². The van der Waals surface area contributed by atoms with Crippen molar-refractivity contribution in [2.75, 3.05) is 13.7 Å². The minimum Gasteiger partial charge on any atom is -0.382 e. The molecule has 1 heterocycles. The molecule has 0 saturated carbocycles. The highest BCUT2D eigenvalue weighted by Crippen LogP contribution is 2.35. The summed E-state index contributed by atoms with van der Waals surface area (Å²) in [5.41, 5.74) is 0.143. The van der Waals surface area contributed by atoms with E-state index < -0.39 is 24.1 Å². The minimum absolute atomic E-state index is 0.161. The van der Waals surface area contributed by atoms with Gasteiger partial charge in [-0.25, -0.2) is 0 Å². The van der Waals surface area contributed by atoms with Crippen LogP contribution in [0.5, 0.6) is 0 Å². The molecular weight excluding hydrogens is 474 g/mol. The predicted molar refractivity (Wildman–Crippen MR) is 117 cm³/mol. The molecule has 2 aromatic carbocycles. The largest absolute Gasteiger partial charge is 0.382 e. The molecule has 1 saturated heterocycles. The summed E-state index contributed by atoms with van der Waals surface area (Å²) in [5, 5.41) is 13.0. The Morgan fingerprint density at radius 1 is 0.967 bits per heavy atom. The van der Waals surface area contributed by atoms with Gasteiger partial charge in [-0.3, -0.25) is 0 Å². The molecule has 0 spiro atoms. The third kappa shape index (κ3) is 5.60. The zero-order chi connectivity index (χ0) is 21.9. The highest BCUT2D eigenvalue weighted by Gasteiger charge is 2.54. The number of halogens is 4. The summed E-state index contributed by atoms with van der Waals surface area (Å²) >= 11 is 24.3. The summed E-state index contributed by atoms with van der Waals surface area (Å²) in [7, 11) is 1.46. The lowest BCUT2D eigenvalue weighted by Gasteiger charge is -2.29. The zero-order valence-corrected chi connectivity index (χ0v) is 19.4. The molecule has 0 aliphatic carbocycles. The van der Waals surface area contributed by atoms with Gasteiger partial charge in [-0.05, 0) is 42.3 Å². The molecule has 1 aliphatic rings. The molecule has 0 amide bonds. The summed E-state index contributed by atoms with van der Waals surface area (Å²) in [4.78, 5) is 0. The third-order valence-electron chi connectivity index (χ3n) is 4.89. The van der Waals surface area contributed by atoms with Crippen molar-refractivity contribution in [1.29, 1.82) is 0 Å². The number of aliphatic hydroxyl groups is 1. The van der Waals surface area contributed by atoms with Gasteiger partial charge >= 0.3 is 0 Å².